The number of carboxylic acid groups (broad SMARTS) is 1. The molecule has 1 aliphatic rings. The normalized spacial score (nSPS) is 27.9. The van der Waals surface area contributed by atoms with Gasteiger partial charge in [0, 0.05) is 5.75 Å². The van der Waals surface area contributed by atoms with E-state index in [1.54, 1.807) is 6.92 Å². The van der Waals surface area contributed by atoms with Crippen molar-refractivity contribution in [2.45, 2.75) is 25.0 Å². The van der Waals surface area contributed by atoms with Gasteiger partial charge in [-0.15, -0.1) is 0 Å². The zero-order chi connectivity index (χ0) is 10.9. The summed E-state index contributed by atoms with van der Waals surface area (Å²) in [6.07, 6.45) is 0.484. The number of hydrogen-bond donors (Lipinski definition) is 1. The van der Waals surface area contributed by atoms with E-state index in [9.17, 15) is 13.2 Å². The van der Waals surface area contributed by atoms with Crippen molar-refractivity contribution in [2.75, 3.05) is 5.75 Å². The van der Waals surface area contributed by atoms with Crippen molar-refractivity contribution < 1.29 is 18.3 Å². The monoisotopic (exact) mass is 218 g/mol. The van der Waals surface area contributed by atoms with E-state index in [4.69, 9.17) is 5.11 Å². The first-order valence-corrected chi connectivity index (χ1v) is 6.22. The van der Waals surface area contributed by atoms with E-state index in [0.717, 1.165) is 0 Å². The second-order valence-electron chi connectivity index (χ2n) is 3.56. The van der Waals surface area contributed by atoms with Gasteiger partial charge in [0.1, 0.15) is 0 Å². The zero-order valence-corrected chi connectivity index (χ0v) is 8.88. The molecule has 0 bridgehead atoms. The molecule has 1 rings (SSSR count). The summed E-state index contributed by atoms with van der Waals surface area (Å²) < 4.78 is 23.0. The van der Waals surface area contributed by atoms with Gasteiger partial charge in [0.05, 0.1) is 11.2 Å². The lowest BCUT2D eigenvalue weighted by Crippen LogP contribution is -2.21. The van der Waals surface area contributed by atoms with E-state index in [1.807, 2.05) is 0 Å². The molecule has 0 saturated heterocycles. The van der Waals surface area contributed by atoms with Crippen LogP contribution in [0.1, 0.15) is 19.8 Å². The Morgan fingerprint density at radius 3 is 2.57 bits per heavy atom. The van der Waals surface area contributed by atoms with Crippen LogP contribution in [0.2, 0.25) is 0 Å². The second kappa shape index (κ2) is 3.73. The third-order valence-corrected chi connectivity index (χ3v) is 4.87. The molecule has 0 amide bonds. The van der Waals surface area contributed by atoms with Crippen LogP contribution >= 0.6 is 0 Å². The van der Waals surface area contributed by atoms with E-state index < -0.39 is 27.0 Å². The molecule has 0 spiro atoms. The molecule has 1 saturated carbocycles. The topological polar surface area (TPSA) is 71.4 Å². The summed E-state index contributed by atoms with van der Waals surface area (Å²) in [6.45, 7) is 5.19. The quantitative estimate of drug-likeness (QED) is 0.712. The van der Waals surface area contributed by atoms with Gasteiger partial charge in [-0.25, -0.2) is 8.42 Å². The van der Waals surface area contributed by atoms with Crippen LogP contribution in [0.5, 0.6) is 0 Å². The maximum absolute atomic E-state index is 11.5. The van der Waals surface area contributed by atoms with E-state index in [-0.39, 0.29) is 12.2 Å². The summed E-state index contributed by atoms with van der Waals surface area (Å²) in [5.41, 5.74) is 0.527. The highest BCUT2D eigenvalue weighted by Crippen LogP contribution is 2.34. The summed E-state index contributed by atoms with van der Waals surface area (Å²) in [7, 11) is -3.12. The van der Waals surface area contributed by atoms with Crippen LogP contribution in [0.15, 0.2) is 12.2 Å². The molecule has 80 valence electrons. The van der Waals surface area contributed by atoms with Crippen molar-refractivity contribution in [1.29, 1.82) is 0 Å². The van der Waals surface area contributed by atoms with E-state index >= 15 is 0 Å². The molecule has 1 aliphatic carbocycles. The molecule has 1 fully saturated rings. The lowest BCUT2D eigenvalue weighted by Gasteiger charge is -2.07. The van der Waals surface area contributed by atoms with Crippen molar-refractivity contribution in [2.24, 2.45) is 5.92 Å². The predicted molar refractivity (Wildman–Crippen MR) is 52.7 cm³/mol. The Hall–Kier alpha value is -0.840. The number of carbonyl (C=O) groups is 1. The molecule has 0 aromatic carbocycles. The van der Waals surface area contributed by atoms with Crippen molar-refractivity contribution in [3.63, 3.8) is 0 Å². The minimum Gasteiger partial charge on any atom is -0.481 e. The Morgan fingerprint density at radius 2 is 2.21 bits per heavy atom. The average Bonchev–Trinajstić information content (AvgIpc) is 2.48. The molecule has 0 radical (unpaired) electrons. The van der Waals surface area contributed by atoms with Crippen LogP contribution in [0, 0.1) is 5.92 Å². The van der Waals surface area contributed by atoms with Gasteiger partial charge in [-0.2, -0.15) is 0 Å². The van der Waals surface area contributed by atoms with Crippen molar-refractivity contribution in [1.82, 2.24) is 0 Å². The highest BCUT2D eigenvalue weighted by molar-refractivity contribution is 7.92. The maximum Gasteiger partial charge on any atom is 0.310 e. The fourth-order valence-electron chi connectivity index (χ4n) is 1.73. The minimum absolute atomic E-state index is 0.0668. The summed E-state index contributed by atoms with van der Waals surface area (Å²) in [4.78, 5) is 10.7. The largest absolute Gasteiger partial charge is 0.481 e. The van der Waals surface area contributed by atoms with Crippen molar-refractivity contribution >= 4 is 15.8 Å². The summed E-state index contributed by atoms with van der Waals surface area (Å²) in [5.74, 6) is -1.58. The van der Waals surface area contributed by atoms with Crippen LogP contribution in [0.3, 0.4) is 0 Å². The van der Waals surface area contributed by atoms with Gasteiger partial charge in [0.25, 0.3) is 0 Å². The number of sulfone groups is 1. The molecule has 0 aromatic rings. The van der Waals surface area contributed by atoms with Crippen molar-refractivity contribution in [3.05, 3.63) is 12.2 Å². The molecule has 0 aliphatic heterocycles. The van der Waals surface area contributed by atoms with E-state index in [0.29, 0.717) is 12.0 Å². The number of hydrogen-bond acceptors (Lipinski definition) is 3. The SMILES string of the molecule is C=C1C[C@H](S(=O)(=O)CC)C[C@@H]1C(=O)O. The number of aliphatic carboxylic acids is 1. The molecule has 0 unspecified atom stereocenters. The first-order chi connectivity index (χ1) is 6.38. The molecular formula is C9H14O4S. The maximum atomic E-state index is 11.5. The van der Waals surface area contributed by atoms with Crippen LogP contribution in [0.4, 0.5) is 0 Å². The lowest BCUT2D eigenvalue weighted by molar-refractivity contribution is -0.140. The third-order valence-electron chi connectivity index (χ3n) is 2.69. The van der Waals surface area contributed by atoms with Crippen LogP contribution in [0.25, 0.3) is 0 Å². The minimum atomic E-state index is -3.12. The molecule has 0 aromatic heterocycles. The van der Waals surface area contributed by atoms with Crippen LogP contribution < -0.4 is 0 Å². The Kier molecular flexibility index (Phi) is 2.99. The Morgan fingerprint density at radius 1 is 1.64 bits per heavy atom. The highest BCUT2D eigenvalue weighted by Gasteiger charge is 2.38. The molecule has 1 N–H and O–H groups in total. The van der Waals surface area contributed by atoms with Gasteiger partial charge in [-0.05, 0) is 12.8 Å². The Balaban J connectivity index is 2.83. The highest BCUT2D eigenvalue weighted by atomic mass is 32.2. The Labute approximate surface area is 83.5 Å². The molecule has 4 nitrogen and oxygen atoms in total. The molecule has 14 heavy (non-hydrogen) atoms. The first kappa shape index (κ1) is 11.2. The van der Waals surface area contributed by atoms with Gasteiger partial charge < -0.3 is 5.11 Å². The van der Waals surface area contributed by atoms with Gasteiger partial charge in [-0.1, -0.05) is 19.1 Å². The second-order valence-corrected chi connectivity index (χ2v) is 6.13. The lowest BCUT2D eigenvalue weighted by atomic mass is 10.1. The van der Waals surface area contributed by atoms with E-state index in [2.05, 4.69) is 6.58 Å². The van der Waals surface area contributed by atoms with Gasteiger partial charge in [-0.3, -0.25) is 4.79 Å². The summed E-state index contributed by atoms with van der Waals surface area (Å²) in [5, 5.41) is 8.24. The predicted octanol–water partition coefficient (Wildman–Crippen LogP) is 0.841. The van der Waals surface area contributed by atoms with Gasteiger partial charge in [0.2, 0.25) is 0 Å². The number of rotatable bonds is 3. The third kappa shape index (κ3) is 1.97. The van der Waals surface area contributed by atoms with Crippen molar-refractivity contribution in [3.8, 4) is 0 Å². The van der Waals surface area contributed by atoms with Gasteiger partial charge in [0.15, 0.2) is 9.84 Å². The fourth-order valence-corrected chi connectivity index (χ4v) is 3.16. The average molecular weight is 218 g/mol. The summed E-state index contributed by atoms with van der Waals surface area (Å²) in [6, 6.07) is 0. The molecule has 2 atom stereocenters. The fraction of sp³-hybridized carbons (Fsp3) is 0.667. The number of carboxylic acids is 1. The van der Waals surface area contributed by atoms with Gasteiger partial charge >= 0.3 is 5.97 Å². The summed E-state index contributed by atoms with van der Waals surface area (Å²) >= 11 is 0. The zero-order valence-electron chi connectivity index (χ0n) is 8.06. The standard InChI is InChI=1S/C9H14O4S/c1-3-14(12,13)7-4-6(2)8(5-7)9(10)11/h7-8H,2-5H2,1H3,(H,10,11)/t7-,8-/m0/s1. The smallest absolute Gasteiger partial charge is 0.310 e. The van der Waals surface area contributed by atoms with E-state index in [1.165, 1.54) is 0 Å². The first-order valence-electron chi connectivity index (χ1n) is 4.50. The van der Waals surface area contributed by atoms with Crippen LogP contribution in [-0.4, -0.2) is 30.5 Å². The molecule has 0 heterocycles. The molecule has 5 heteroatoms. The Bertz CT molecular complexity index is 355. The molecular weight excluding hydrogens is 204 g/mol. The van der Waals surface area contributed by atoms with Crippen LogP contribution in [-0.2, 0) is 14.6 Å².